The molecule has 7 nitrogen and oxygen atoms in total. The highest BCUT2D eigenvalue weighted by Gasteiger charge is 2.28. The van der Waals surface area contributed by atoms with Crippen molar-refractivity contribution in [3.05, 3.63) is 48.6 Å². The third-order valence-corrected chi connectivity index (χ3v) is 4.23. The van der Waals surface area contributed by atoms with Gasteiger partial charge in [-0.1, -0.05) is 50.3 Å². The predicted molar refractivity (Wildman–Crippen MR) is 111 cm³/mol. The van der Waals surface area contributed by atoms with E-state index in [9.17, 15) is 14.4 Å². The van der Waals surface area contributed by atoms with E-state index in [0.29, 0.717) is 19.3 Å². The summed E-state index contributed by atoms with van der Waals surface area (Å²) in [7, 11) is 1.28. The molecule has 0 saturated heterocycles. The maximum Gasteiger partial charge on any atom is 0.408 e. The lowest BCUT2D eigenvalue weighted by Gasteiger charge is -2.23. The first-order chi connectivity index (χ1) is 13.9. The van der Waals surface area contributed by atoms with Gasteiger partial charge in [0.15, 0.2) is 0 Å². The summed E-state index contributed by atoms with van der Waals surface area (Å²) in [5.74, 6) is -0.806. The number of esters is 1. The molecule has 1 aromatic carbocycles. The zero-order valence-electron chi connectivity index (χ0n) is 17.5. The van der Waals surface area contributed by atoms with Gasteiger partial charge in [-0.2, -0.15) is 0 Å². The third-order valence-electron chi connectivity index (χ3n) is 4.23. The number of alkyl carbamates (subject to hydrolysis) is 1. The third kappa shape index (κ3) is 9.78. The SMILES string of the molecule is C=CCCC[C@@H](NC(=O)[C@H](CC(C)C)NC(=O)OCc1ccccc1)C(=O)OC. The monoisotopic (exact) mass is 404 g/mol. The molecule has 160 valence electrons. The van der Waals surface area contributed by atoms with Crippen molar-refractivity contribution >= 4 is 18.0 Å². The second kappa shape index (κ2) is 13.4. The molecule has 0 bridgehead atoms. The van der Waals surface area contributed by atoms with Crippen molar-refractivity contribution in [1.82, 2.24) is 10.6 Å². The molecule has 0 spiro atoms. The normalized spacial score (nSPS) is 12.6. The van der Waals surface area contributed by atoms with Crippen LogP contribution in [0.4, 0.5) is 4.79 Å². The Morgan fingerprint density at radius 2 is 1.79 bits per heavy atom. The zero-order chi connectivity index (χ0) is 21.6. The minimum Gasteiger partial charge on any atom is -0.467 e. The molecule has 0 saturated carbocycles. The fourth-order valence-corrected chi connectivity index (χ4v) is 2.74. The maximum atomic E-state index is 12.7. The van der Waals surface area contributed by atoms with E-state index in [-0.39, 0.29) is 12.5 Å². The summed E-state index contributed by atoms with van der Waals surface area (Å²) in [4.78, 5) is 36.9. The number of ether oxygens (including phenoxy) is 2. The zero-order valence-corrected chi connectivity index (χ0v) is 17.5. The summed E-state index contributed by atoms with van der Waals surface area (Å²) in [6.07, 6.45) is 3.32. The van der Waals surface area contributed by atoms with Gasteiger partial charge < -0.3 is 20.1 Å². The van der Waals surface area contributed by atoms with Crippen LogP contribution >= 0.6 is 0 Å². The first kappa shape index (κ1) is 24.2. The number of carbonyl (C=O) groups is 3. The smallest absolute Gasteiger partial charge is 0.408 e. The Kier molecular flexibility index (Phi) is 11.2. The first-order valence-corrected chi connectivity index (χ1v) is 9.83. The number of nitrogens with one attached hydrogen (secondary N) is 2. The van der Waals surface area contributed by atoms with Crippen molar-refractivity contribution in [3.8, 4) is 0 Å². The molecular formula is C22H32N2O5. The number of hydrogen-bond donors (Lipinski definition) is 2. The molecule has 1 rings (SSSR count). The first-order valence-electron chi connectivity index (χ1n) is 9.83. The highest BCUT2D eigenvalue weighted by atomic mass is 16.5. The average molecular weight is 405 g/mol. The number of amides is 2. The molecule has 0 aliphatic carbocycles. The Morgan fingerprint density at radius 3 is 2.38 bits per heavy atom. The summed E-state index contributed by atoms with van der Waals surface area (Å²) in [5, 5.41) is 5.30. The molecule has 0 fully saturated rings. The van der Waals surface area contributed by atoms with Gasteiger partial charge in [0.1, 0.15) is 18.7 Å². The largest absolute Gasteiger partial charge is 0.467 e. The van der Waals surface area contributed by atoms with E-state index in [0.717, 1.165) is 12.0 Å². The predicted octanol–water partition coefficient (Wildman–Crippen LogP) is 3.34. The van der Waals surface area contributed by atoms with Crippen LogP contribution in [-0.2, 0) is 25.7 Å². The van der Waals surface area contributed by atoms with Gasteiger partial charge in [-0.05, 0) is 37.2 Å². The van der Waals surface area contributed by atoms with E-state index >= 15 is 0 Å². The van der Waals surface area contributed by atoms with E-state index in [4.69, 9.17) is 9.47 Å². The number of rotatable bonds is 12. The summed E-state index contributed by atoms with van der Waals surface area (Å²) in [5.41, 5.74) is 0.848. The van der Waals surface area contributed by atoms with Crippen molar-refractivity contribution in [3.63, 3.8) is 0 Å². The van der Waals surface area contributed by atoms with Gasteiger partial charge in [0.2, 0.25) is 5.91 Å². The second-order valence-electron chi connectivity index (χ2n) is 7.19. The van der Waals surface area contributed by atoms with Crippen LogP contribution in [0.15, 0.2) is 43.0 Å². The Morgan fingerprint density at radius 1 is 1.10 bits per heavy atom. The summed E-state index contributed by atoms with van der Waals surface area (Å²) in [6, 6.07) is 7.68. The van der Waals surface area contributed by atoms with Crippen LogP contribution in [0.5, 0.6) is 0 Å². The molecule has 7 heteroatoms. The Bertz CT molecular complexity index is 660. The minimum atomic E-state index is -0.815. The number of methoxy groups -OCH3 is 1. The van der Waals surface area contributed by atoms with Crippen LogP contribution in [0.2, 0.25) is 0 Å². The van der Waals surface area contributed by atoms with Gasteiger partial charge in [-0.15, -0.1) is 6.58 Å². The Labute approximate surface area is 172 Å². The average Bonchev–Trinajstić information content (AvgIpc) is 2.71. The van der Waals surface area contributed by atoms with E-state index in [1.807, 2.05) is 44.2 Å². The van der Waals surface area contributed by atoms with Crippen LogP contribution < -0.4 is 10.6 Å². The lowest BCUT2D eigenvalue weighted by Crippen LogP contribution is -2.52. The van der Waals surface area contributed by atoms with E-state index in [2.05, 4.69) is 17.2 Å². The fraction of sp³-hybridized carbons (Fsp3) is 0.500. The summed E-state index contributed by atoms with van der Waals surface area (Å²) in [6.45, 7) is 7.64. The number of benzene rings is 1. The van der Waals surface area contributed by atoms with Gasteiger partial charge in [0.05, 0.1) is 7.11 Å². The van der Waals surface area contributed by atoms with Crippen molar-refractivity contribution in [2.75, 3.05) is 7.11 Å². The standard InChI is InChI=1S/C22H32N2O5/c1-5-6-8-13-18(21(26)28-4)23-20(25)19(14-16(2)3)24-22(27)29-15-17-11-9-7-10-12-17/h5,7,9-12,16,18-19H,1,6,8,13-15H2,2-4H3,(H,23,25)(H,24,27)/t18-,19+/m1/s1. The molecule has 0 aromatic heterocycles. The molecule has 0 unspecified atom stereocenters. The van der Waals surface area contributed by atoms with Crippen LogP contribution in [0.1, 0.15) is 45.1 Å². The van der Waals surface area contributed by atoms with Gasteiger partial charge in [-0.3, -0.25) is 4.79 Å². The van der Waals surface area contributed by atoms with Crippen LogP contribution in [0.3, 0.4) is 0 Å². The highest BCUT2D eigenvalue weighted by molar-refractivity contribution is 5.89. The highest BCUT2D eigenvalue weighted by Crippen LogP contribution is 2.09. The molecule has 2 atom stereocenters. The number of hydrogen-bond acceptors (Lipinski definition) is 5. The lowest BCUT2D eigenvalue weighted by atomic mass is 10.0. The minimum absolute atomic E-state index is 0.106. The Hall–Kier alpha value is -2.83. The summed E-state index contributed by atoms with van der Waals surface area (Å²) < 4.78 is 9.99. The van der Waals surface area contributed by atoms with E-state index < -0.39 is 30.1 Å². The number of carbonyl (C=O) groups excluding carboxylic acids is 3. The molecule has 1 aromatic rings. The van der Waals surface area contributed by atoms with Gasteiger partial charge in [0, 0.05) is 0 Å². The van der Waals surface area contributed by atoms with Crippen molar-refractivity contribution in [1.29, 1.82) is 0 Å². The van der Waals surface area contributed by atoms with Crippen molar-refractivity contribution < 1.29 is 23.9 Å². The summed E-state index contributed by atoms with van der Waals surface area (Å²) >= 11 is 0. The van der Waals surface area contributed by atoms with Crippen molar-refractivity contribution in [2.45, 2.75) is 58.2 Å². The second-order valence-corrected chi connectivity index (χ2v) is 7.19. The lowest BCUT2D eigenvalue weighted by molar-refractivity contribution is -0.145. The van der Waals surface area contributed by atoms with E-state index in [1.165, 1.54) is 7.11 Å². The molecule has 29 heavy (non-hydrogen) atoms. The molecule has 0 aliphatic rings. The fourth-order valence-electron chi connectivity index (χ4n) is 2.74. The molecular weight excluding hydrogens is 372 g/mol. The quantitative estimate of drug-likeness (QED) is 0.317. The number of allylic oxidation sites excluding steroid dienone is 1. The molecule has 0 heterocycles. The van der Waals surface area contributed by atoms with Gasteiger partial charge in [0.25, 0.3) is 0 Å². The Balaban J connectivity index is 2.70. The van der Waals surface area contributed by atoms with Gasteiger partial charge >= 0.3 is 12.1 Å². The maximum absolute atomic E-state index is 12.7. The van der Waals surface area contributed by atoms with Crippen LogP contribution in [0, 0.1) is 5.92 Å². The topological polar surface area (TPSA) is 93.7 Å². The molecule has 2 amide bonds. The molecule has 0 aliphatic heterocycles. The van der Waals surface area contributed by atoms with Crippen LogP contribution in [0.25, 0.3) is 0 Å². The molecule has 2 N–H and O–H groups in total. The van der Waals surface area contributed by atoms with Crippen LogP contribution in [-0.4, -0.2) is 37.2 Å². The number of unbranched alkanes of at least 4 members (excludes halogenated alkanes) is 1. The van der Waals surface area contributed by atoms with Crippen molar-refractivity contribution in [2.24, 2.45) is 5.92 Å². The molecule has 0 radical (unpaired) electrons. The van der Waals surface area contributed by atoms with Gasteiger partial charge in [-0.25, -0.2) is 9.59 Å². The van der Waals surface area contributed by atoms with E-state index in [1.54, 1.807) is 6.08 Å².